The zero-order valence-electron chi connectivity index (χ0n) is 9.47. The minimum atomic E-state index is -1.01. The quantitative estimate of drug-likeness (QED) is 0.670. The summed E-state index contributed by atoms with van der Waals surface area (Å²) in [5, 5.41) is 13.0. The Balaban J connectivity index is 2.51. The van der Waals surface area contributed by atoms with Crippen molar-refractivity contribution in [3.05, 3.63) is 40.3 Å². The first-order valence-electron chi connectivity index (χ1n) is 5.28. The van der Waals surface area contributed by atoms with Gasteiger partial charge in [-0.2, -0.15) is 0 Å². The molecule has 0 fully saturated rings. The second-order valence-electron chi connectivity index (χ2n) is 4.06. The van der Waals surface area contributed by atoms with Crippen molar-refractivity contribution in [3.63, 3.8) is 0 Å². The third kappa shape index (κ3) is 1.32. The normalized spacial score (nSPS) is 11.2. The summed E-state index contributed by atoms with van der Waals surface area (Å²) < 4.78 is 1.35. The molecule has 0 spiro atoms. The molecule has 2 N–H and O–H groups in total. The number of fused-ring (bicyclic) bond motifs is 3. The number of aromatic carboxylic acids is 1. The van der Waals surface area contributed by atoms with Crippen LogP contribution in [0.1, 0.15) is 10.4 Å². The Hall–Kier alpha value is -2.63. The fraction of sp³-hybridized carbons (Fsp3) is 0.0833. The van der Waals surface area contributed by atoms with Crippen molar-refractivity contribution in [2.45, 2.75) is 0 Å². The van der Waals surface area contributed by atoms with Gasteiger partial charge in [0.2, 0.25) is 0 Å². The Bertz CT molecular complexity index is 845. The minimum absolute atomic E-state index is 0.168. The van der Waals surface area contributed by atoms with Crippen molar-refractivity contribution in [3.8, 4) is 0 Å². The van der Waals surface area contributed by atoms with Gasteiger partial charge in [-0.15, -0.1) is 0 Å². The summed E-state index contributed by atoms with van der Waals surface area (Å²) in [6.45, 7) is 0. The molecule has 6 nitrogen and oxygen atoms in total. The number of aryl methyl sites for hydroxylation is 1. The molecule has 0 saturated heterocycles. The number of hydrogen-bond donors (Lipinski definition) is 2. The molecule has 0 unspecified atom stereocenters. The highest BCUT2D eigenvalue weighted by atomic mass is 16.4. The molecule has 6 heteroatoms. The molecular weight excluding hydrogens is 234 g/mol. The third-order valence-electron chi connectivity index (χ3n) is 2.93. The molecule has 0 aliphatic heterocycles. The number of nitrogens with zero attached hydrogens (tertiary/aromatic N) is 2. The second kappa shape index (κ2) is 3.43. The summed E-state index contributed by atoms with van der Waals surface area (Å²) in [5.74, 6) is -1.01. The van der Waals surface area contributed by atoms with E-state index in [2.05, 4.69) is 10.1 Å². The van der Waals surface area contributed by atoms with Gasteiger partial charge in [0.05, 0.1) is 22.0 Å². The van der Waals surface area contributed by atoms with E-state index in [0.29, 0.717) is 21.8 Å². The van der Waals surface area contributed by atoms with E-state index in [4.69, 9.17) is 5.11 Å². The van der Waals surface area contributed by atoms with Crippen molar-refractivity contribution in [2.24, 2.45) is 7.05 Å². The molecule has 90 valence electrons. The number of H-pyrrole nitrogens is 1. The summed E-state index contributed by atoms with van der Waals surface area (Å²) in [6, 6.07) is 4.64. The van der Waals surface area contributed by atoms with Crippen molar-refractivity contribution in [2.75, 3.05) is 0 Å². The Morgan fingerprint density at radius 3 is 2.89 bits per heavy atom. The highest BCUT2D eigenvalue weighted by Crippen LogP contribution is 2.21. The fourth-order valence-corrected chi connectivity index (χ4v) is 2.01. The molecule has 1 aromatic carbocycles. The Morgan fingerprint density at radius 1 is 1.39 bits per heavy atom. The molecule has 3 rings (SSSR count). The summed E-state index contributed by atoms with van der Waals surface area (Å²) in [5.41, 5.74) is 1.24. The smallest absolute Gasteiger partial charge is 0.335 e. The number of benzene rings is 1. The molecule has 0 saturated carbocycles. The lowest BCUT2D eigenvalue weighted by atomic mass is 10.1. The minimum Gasteiger partial charge on any atom is -0.478 e. The van der Waals surface area contributed by atoms with Crippen LogP contribution in [0.3, 0.4) is 0 Å². The van der Waals surface area contributed by atoms with E-state index < -0.39 is 5.97 Å². The first kappa shape index (κ1) is 10.5. The zero-order valence-corrected chi connectivity index (χ0v) is 9.47. The number of aromatic amines is 1. The van der Waals surface area contributed by atoms with Crippen LogP contribution in [0, 0.1) is 0 Å². The van der Waals surface area contributed by atoms with Crippen LogP contribution in [0.2, 0.25) is 0 Å². The van der Waals surface area contributed by atoms with Gasteiger partial charge in [0.15, 0.2) is 0 Å². The van der Waals surface area contributed by atoms with Crippen molar-refractivity contribution in [1.29, 1.82) is 0 Å². The van der Waals surface area contributed by atoms with Gasteiger partial charge in [-0.25, -0.2) is 4.79 Å². The summed E-state index contributed by atoms with van der Waals surface area (Å²) in [4.78, 5) is 26.9. The highest BCUT2D eigenvalue weighted by Gasteiger charge is 2.11. The second-order valence-corrected chi connectivity index (χ2v) is 4.06. The fourth-order valence-electron chi connectivity index (χ4n) is 2.01. The largest absolute Gasteiger partial charge is 0.478 e. The van der Waals surface area contributed by atoms with E-state index >= 15 is 0 Å². The van der Waals surface area contributed by atoms with Crippen molar-refractivity contribution >= 4 is 27.8 Å². The molecule has 2 heterocycles. The van der Waals surface area contributed by atoms with Crippen LogP contribution >= 0.6 is 0 Å². The van der Waals surface area contributed by atoms with Crippen LogP contribution in [0.25, 0.3) is 21.8 Å². The number of carbonyl (C=O) groups is 1. The zero-order chi connectivity index (χ0) is 12.9. The van der Waals surface area contributed by atoms with E-state index in [1.165, 1.54) is 23.0 Å². The van der Waals surface area contributed by atoms with Crippen molar-refractivity contribution < 1.29 is 9.90 Å². The lowest BCUT2D eigenvalue weighted by molar-refractivity contribution is 0.0697. The summed E-state index contributed by atoms with van der Waals surface area (Å²) in [6.07, 6.45) is 1.50. The maximum atomic E-state index is 11.8. The van der Waals surface area contributed by atoms with E-state index in [1.54, 1.807) is 13.1 Å². The Labute approximate surface area is 100 Å². The van der Waals surface area contributed by atoms with Crippen LogP contribution < -0.4 is 5.56 Å². The predicted octanol–water partition coefficient (Wildman–Crippen LogP) is 1.11. The van der Waals surface area contributed by atoms with Crippen LogP contribution in [0.15, 0.2) is 29.2 Å². The molecule has 0 bridgehead atoms. The molecule has 0 radical (unpaired) electrons. The standard InChI is InChI=1S/C12H9N3O3/c1-15-11(16)8-5-13-9-3-2-6(12(17)18)4-7(9)10(8)14-15/h2-5,14H,1H3,(H,17,18). The maximum absolute atomic E-state index is 11.8. The van der Waals surface area contributed by atoms with Gasteiger partial charge in [-0.3, -0.25) is 19.6 Å². The summed E-state index contributed by atoms with van der Waals surface area (Å²) >= 11 is 0. The highest BCUT2D eigenvalue weighted by molar-refractivity contribution is 6.05. The average molecular weight is 243 g/mol. The monoisotopic (exact) mass is 243 g/mol. The molecule has 0 atom stereocenters. The molecule has 0 aliphatic rings. The van der Waals surface area contributed by atoms with Gasteiger partial charge in [0, 0.05) is 18.6 Å². The van der Waals surface area contributed by atoms with Gasteiger partial charge in [0.1, 0.15) is 0 Å². The van der Waals surface area contributed by atoms with Crippen LogP contribution in [0.5, 0.6) is 0 Å². The average Bonchev–Trinajstić information content (AvgIpc) is 2.65. The Kier molecular flexibility index (Phi) is 2.00. The Morgan fingerprint density at radius 2 is 2.17 bits per heavy atom. The molecule has 0 amide bonds. The lowest BCUT2D eigenvalue weighted by Gasteiger charge is -2.00. The number of carboxylic acid groups (broad SMARTS) is 1. The maximum Gasteiger partial charge on any atom is 0.335 e. The van der Waals surface area contributed by atoms with Crippen LogP contribution in [0.4, 0.5) is 0 Å². The van der Waals surface area contributed by atoms with E-state index in [0.717, 1.165) is 0 Å². The number of aromatic nitrogens is 3. The van der Waals surface area contributed by atoms with Crippen molar-refractivity contribution in [1.82, 2.24) is 14.8 Å². The number of nitrogens with one attached hydrogen (secondary N) is 1. The van der Waals surface area contributed by atoms with E-state index in [1.807, 2.05) is 0 Å². The van der Waals surface area contributed by atoms with Crippen LogP contribution in [-0.2, 0) is 7.05 Å². The van der Waals surface area contributed by atoms with Gasteiger partial charge in [-0.05, 0) is 18.2 Å². The molecular formula is C12H9N3O3. The third-order valence-corrected chi connectivity index (χ3v) is 2.93. The molecule has 3 aromatic rings. The number of carboxylic acids is 1. The number of rotatable bonds is 1. The number of pyridine rings is 1. The van der Waals surface area contributed by atoms with E-state index in [9.17, 15) is 9.59 Å². The first-order valence-corrected chi connectivity index (χ1v) is 5.28. The first-order chi connectivity index (χ1) is 8.58. The van der Waals surface area contributed by atoms with Gasteiger partial charge in [-0.1, -0.05) is 0 Å². The molecule has 0 aliphatic carbocycles. The molecule has 2 aromatic heterocycles. The van der Waals surface area contributed by atoms with Gasteiger partial charge in [0.25, 0.3) is 5.56 Å². The van der Waals surface area contributed by atoms with Crippen LogP contribution in [-0.4, -0.2) is 25.8 Å². The lowest BCUT2D eigenvalue weighted by Crippen LogP contribution is -2.11. The van der Waals surface area contributed by atoms with E-state index in [-0.39, 0.29) is 11.1 Å². The van der Waals surface area contributed by atoms with Gasteiger partial charge >= 0.3 is 5.97 Å². The topological polar surface area (TPSA) is 88.0 Å². The number of hydrogen-bond acceptors (Lipinski definition) is 3. The summed E-state index contributed by atoms with van der Waals surface area (Å²) in [7, 11) is 1.61. The van der Waals surface area contributed by atoms with Gasteiger partial charge < -0.3 is 5.11 Å². The SMILES string of the molecule is Cn1[nH]c2c(cnc3ccc(C(=O)O)cc32)c1=O. The predicted molar refractivity (Wildman–Crippen MR) is 65.8 cm³/mol. The molecule has 18 heavy (non-hydrogen) atoms.